The molecule has 0 spiro atoms. The number of hydrogen-bond acceptors (Lipinski definition) is 5. The van der Waals surface area contributed by atoms with Crippen LogP contribution in [0.4, 0.5) is 0 Å². The second kappa shape index (κ2) is 5.40. The summed E-state index contributed by atoms with van der Waals surface area (Å²) in [5, 5.41) is 4.03. The van der Waals surface area contributed by atoms with E-state index in [0.29, 0.717) is 24.0 Å². The van der Waals surface area contributed by atoms with Gasteiger partial charge in [0.05, 0.1) is 6.26 Å². The lowest BCUT2D eigenvalue weighted by atomic mass is 9.72. The van der Waals surface area contributed by atoms with Crippen molar-refractivity contribution in [2.75, 3.05) is 6.54 Å². The van der Waals surface area contributed by atoms with Crippen molar-refractivity contribution < 1.29 is 8.94 Å². The minimum absolute atomic E-state index is 0.139. The van der Waals surface area contributed by atoms with Crippen LogP contribution in [-0.4, -0.2) is 16.7 Å². The fourth-order valence-corrected chi connectivity index (χ4v) is 3.10. The molecule has 0 aromatic carbocycles. The van der Waals surface area contributed by atoms with Gasteiger partial charge in [-0.15, -0.1) is 0 Å². The molecule has 0 saturated heterocycles. The van der Waals surface area contributed by atoms with E-state index in [-0.39, 0.29) is 5.41 Å². The standard InChI is InChI=1S/C15H21N3O2/c1-11-5-8-19-13(11)14-17-12(20-18-14)9-15(10-16)6-3-2-4-7-15/h5,8H,2-4,6-7,9-10,16H2,1H3. The molecule has 3 rings (SSSR count). The second-order valence-electron chi connectivity index (χ2n) is 5.89. The molecule has 2 aromatic rings. The topological polar surface area (TPSA) is 78.1 Å². The highest BCUT2D eigenvalue weighted by Crippen LogP contribution is 2.38. The van der Waals surface area contributed by atoms with Crippen LogP contribution in [0.3, 0.4) is 0 Å². The highest BCUT2D eigenvalue weighted by Gasteiger charge is 2.33. The molecule has 5 nitrogen and oxygen atoms in total. The minimum Gasteiger partial charge on any atom is -0.461 e. The molecule has 0 radical (unpaired) electrons. The van der Waals surface area contributed by atoms with Crippen LogP contribution in [0.2, 0.25) is 0 Å². The normalized spacial score (nSPS) is 18.3. The first kappa shape index (κ1) is 13.4. The van der Waals surface area contributed by atoms with Gasteiger partial charge in [0.25, 0.3) is 0 Å². The summed E-state index contributed by atoms with van der Waals surface area (Å²) in [5.74, 6) is 1.89. The van der Waals surface area contributed by atoms with Gasteiger partial charge in [0.2, 0.25) is 11.7 Å². The number of hydrogen-bond donors (Lipinski definition) is 1. The monoisotopic (exact) mass is 275 g/mol. The molecule has 0 unspecified atom stereocenters. The molecule has 0 amide bonds. The fraction of sp³-hybridized carbons (Fsp3) is 0.600. The van der Waals surface area contributed by atoms with Crippen molar-refractivity contribution in [3.63, 3.8) is 0 Å². The van der Waals surface area contributed by atoms with Gasteiger partial charge in [-0.2, -0.15) is 4.98 Å². The van der Waals surface area contributed by atoms with E-state index < -0.39 is 0 Å². The first-order chi connectivity index (χ1) is 9.72. The van der Waals surface area contributed by atoms with Crippen LogP contribution in [0.1, 0.15) is 43.6 Å². The SMILES string of the molecule is Cc1ccoc1-c1noc(CC2(CN)CCCCC2)n1. The van der Waals surface area contributed by atoms with Crippen molar-refractivity contribution in [2.24, 2.45) is 11.1 Å². The van der Waals surface area contributed by atoms with E-state index in [9.17, 15) is 0 Å². The van der Waals surface area contributed by atoms with Crippen molar-refractivity contribution in [1.82, 2.24) is 10.1 Å². The van der Waals surface area contributed by atoms with Gasteiger partial charge in [-0.3, -0.25) is 0 Å². The first-order valence-electron chi connectivity index (χ1n) is 7.30. The van der Waals surface area contributed by atoms with E-state index in [4.69, 9.17) is 14.7 Å². The predicted molar refractivity (Wildman–Crippen MR) is 75.0 cm³/mol. The third-order valence-electron chi connectivity index (χ3n) is 4.41. The maximum Gasteiger partial charge on any atom is 0.238 e. The van der Waals surface area contributed by atoms with E-state index in [1.54, 1.807) is 6.26 Å². The van der Waals surface area contributed by atoms with Crippen LogP contribution < -0.4 is 5.73 Å². The Morgan fingerprint density at radius 3 is 2.75 bits per heavy atom. The summed E-state index contributed by atoms with van der Waals surface area (Å²) in [7, 11) is 0. The molecule has 1 aliphatic carbocycles. The average Bonchev–Trinajstić information content (AvgIpc) is 3.08. The smallest absolute Gasteiger partial charge is 0.238 e. The zero-order valence-corrected chi connectivity index (χ0v) is 11.9. The minimum atomic E-state index is 0.139. The van der Waals surface area contributed by atoms with E-state index in [1.807, 2.05) is 13.0 Å². The van der Waals surface area contributed by atoms with E-state index in [1.165, 1.54) is 19.3 Å². The number of nitrogens with zero attached hydrogens (tertiary/aromatic N) is 2. The molecule has 2 N–H and O–H groups in total. The molecule has 0 aliphatic heterocycles. The highest BCUT2D eigenvalue weighted by molar-refractivity contribution is 5.50. The zero-order valence-electron chi connectivity index (χ0n) is 11.9. The molecule has 20 heavy (non-hydrogen) atoms. The van der Waals surface area contributed by atoms with Crippen LogP contribution in [0, 0.1) is 12.3 Å². The Balaban J connectivity index is 1.78. The highest BCUT2D eigenvalue weighted by atomic mass is 16.5. The molecule has 0 bridgehead atoms. The van der Waals surface area contributed by atoms with Crippen molar-refractivity contribution in [3.8, 4) is 11.6 Å². The van der Waals surface area contributed by atoms with Crippen molar-refractivity contribution in [2.45, 2.75) is 45.4 Å². The van der Waals surface area contributed by atoms with Gasteiger partial charge in [-0.05, 0) is 43.4 Å². The summed E-state index contributed by atoms with van der Waals surface area (Å²) in [6, 6.07) is 1.90. The van der Waals surface area contributed by atoms with Crippen LogP contribution in [0.5, 0.6) is 0 Å². The summed E-state index contributed by atoms with van der Waals surface area (Å²) in [4.78, 5) is 4.47. The first-order valence-corrected chi connectivity index (χ1v) is 7.30. The Bertz CT molecular complexity index is 567. The van der Waals surface area contributed by atoms with Crippen molar-refractivity contribution in [3.05, 3.63) is 23.8 Å². The van der Waals surface area contributed by atoms with Crippen LogP contribution in [0.15, 0.2) is 21.3 Å². The van der Waals surface area contributed by atoms with Gasteiger partial charge < -0.3 is 14.7 Å². The fourth-order valence-electron chi connectivity index (χ4n) is 3.10. The van der Waals surface area contributed by atoms with Gasteiger partial charge in [0.15, 0.2) is 5.76 Å². The summed E-state index contributed by atoms with van der Waals surface area (Å²) < 4.78 is 10.8. The van der Waals surface area contributed by atoms with E-state index in [2.05, 4.69) is 10.1 Å². The Morgan fingerprint density at radius 2 is 2.10 bits per heavy atom. The van der Waals surface area contributed by atoms with Gasteiger partial charge in [0.1, 0.15) is 0 Å². The third-order valence-corrected chi connectivity index (χ3v) is 4.41. The Labute approximate surface area is 118 Å². The molecule has 2 heterocycles. The van der Waals surface area contributed by atoms with Crippen LogP contribution in [-0.2, 0) is 6.42 Å². The lowest BCUT2D eigenvalue weighted by Crippen LogP contribution is -2.35. The molecule has 108 valence electrons. The van der Waals surface area contributed by atoms with Gasteiger partial charge >= 0.3 is 0 Å². The van der Waals surface area contributed by atoms with Crippen molar-refractivity contribution >= 4 is 0 Å². The second-order valence-corrected chi connectivity index (χ2v) is 5.89. The largest absolute Gasteiger partial charge is 0.461 e. The summed E-state index contributed by atoms with van der Waals surface area (Å²) in [5.41, 5.74) is 7.16. The lowest BCUT2D eigenvalue weighted by molar-refractivity contribution is 0.177. The number of aryl methyl sites for hydroxylation is 1. The molecule has 1 fully saturated rings. The quantitative estimate of drug-likeness (QED) is 0.927. The Kier molecular flexibility index (Phi) is 3.61. The number of rotatable bonds is 4. The molecular weight excluding hydrogens is 254 g/mol. The molecule has 1 aliphatic rings. The zero-order chi connectivity index (χ0) is 14.0. The molecule has 0 atom stereocenters. The van der Waals surface area contributed by atoms with Gasteiger partial charge in [0, 0.05) is 6.42 Å². The third kappa shape index (κ3) is 2.50. The molecule has 2 aromatic heterocycles. The molecule has 1 saturated carbocycles. The number of aromatic nitrogens is 2. The maximum atomic E-state index is 6.00. The van der Waals surface area contributed by atoms with Crippen LogP contribution in [0.25, 0.3) is 11.6 Å². The Morgan fingerprint density at radius 1 is 1.30 bits per heavy atom. The number of nitrogens with two attached hydrogens (primary N) is 1. The van der Waals surface area contributed by atoms with E-state index in [0.717, 1.165) is 24.8 Å². The lowest BCUT2D eigenvalue weighted by Gasteiger charge is -2.34. The van der Waals surface area contributed by atoms with Gasteiger partial charge in [-0.25, -0.2) is 0 Å². The van der Waals surface area contributed by atoms with Crippen molar-refractivity contribution in [1.29, 1.82) is 0 Å². The maximum absolute atomic E-state index is 6.00. The summed E-state index contributed by atoms with van der Waals surface area (Å²) >= 11 is 0. The summed E-state index contributed by atoms with van der Waals surface area (Å²) in [6.45, 7) is 2.65. The van der Waals surface area contributed by atoms with Gasteiger partial charge in [-0.1, -0.05) is 24.4 Å². The molecule has 5 heteroatoms. The Hall–Kier alpha value is -1.62. The predicted octanol–water partition coefficient (Wildman–Crippen LogP) is 3.09. The van der Waals surface area contributed by atoms with E-state index >= 15 is 0 Å². The number of furan rings is 1. The average molecular weight is 275 g/mol. The molecular formula is C15H21N3O2. The van der Waals surface area contributed by atoms with Crippen LogP contribution >= 0.6 is 0 Å². The summed E-state index contributed by atoms with van der Waals surface area (Å²) in [6.07, 6.45) is 8.52.